The Morgan fingerprint density at radius 2 is 1.47 bits per heavy atom. The average molecular weight is 505 g/mol. The molecule has 100 valence electrons. The van der Waals surface area contributed by atoms with E-state index in [4.69, 9.17) is 5.41 Å². The van der Waals surface area contributed by atoms with Crippen molar-refractivity contribution in [3.05, 3.63) is 48.3 Å². The fourth-order valence-corrected chi connectivity index (χ4v) is 1.21. The van der Waals surface area contributed by atoms with Gasteiger partial charge in [-0.3, -0.25) is 4.98 Å². The van der Waals surface area contributed by atoms with E-state index >= 15 is 0 Å². The third kappa shape index (κ3) is 7.28. The molecule has 1 N–H and O–H groups in total. The average Bonchev–Trinajstić information content (AvgIpc) is 2.30. The van der Waals surface area contributed by atoms with Gasteiger partial charge in [0.2, 0.25) is 0 Å². The van der Waals surface area contributed by atoms with Crippen molar-refractivity contribution in [2.24, 2.45) is 0 Å². The summed E-state index contributed by atoms with van der Waals surface area (Å²) >= 11 is 0. The predicted molar refractivity (Wildman–Crippen MR) is 54.3 cm³/mol. The standard InChI is InChI=1S/C11H8N3.4ClH.Ta/c12-8-9-4-3-7-14-11(9)10-5-1-2-6-13-10;;;;;/h1-7,12H;4*1H;/q-1;;;;;+5/p-4. The molecule has 0 aliphatic heterocycles. The summed E-state index contributed by atoms with van der Waals surface area (Å²) in [5.41, 5.74) is 2.12. The van der Waals surface area contributed by atoms with Gasteiger partial charge < -0.3 is 60.0 Å². The molecule has 8 heteroatoms. The summed E-state index contributed by atoms with van der Waals surface area (Å²) in [7, 11) is 0. The van der Waals surface area contributed by atoms with E-state index in [9.17, 15) is 0 Å². The molecule has 0 saturated carbocycles. The second-order valence-corrected chi connectivity index (χ2v) is 2.74. The zero-order valence-electron chi connectivity index (χ0n) is 9.39. The van der Waals surface area contributed by atoms with Gasteiger partial charge in [0.1, 0.15) is 0 Å². The number of halogens is 4. The fourth-order valence-electron chi connectivity index (χ4n) is 1.21. The van der Waals surface area contributed by atoms with Crippen LogP contribution in [0.2, 0.25) is 0 Å². The van der Waals surface area contributed by atoms with E-state index in [1.165, 1.54) is 0 Å². The molecule has 3 nitrogen and oxygen atoms in total. The molecule has 0 atom stereocenters. The van der Waals surface area contributed by atoms with E-state index in [1.54, 1.807) is 24.5 Å². The van der Waals surface area contributed by atoms with Gasteiger partial charge in [0.15, 0.2) is 0 Å². The molecular formula is C11H8Cl4N3Ta. The Labute approximate surface area is 152 Å². The number of nitrogens with zero attached hydrogens (tertiary/aromatic N) is 2. The summed E-state index contributed by atoms with van der Waals surface area (Å²) < 4.78 is 0. The number of rotatable bonds is 2. The number of aromatic nitrogens is 2. The first-order valence-corrected chi connectivity index (χ1v) is 4.21. The first-order valence-electron chi connectivity index (χ1n) is 4.21. The third-order valence-electron chi connectivity index (χ3n) is 1.85. The molecule has 0 bridgehead atoms. The smallest absolute Gasteiger partial charge is 1.00 e. The topological polar surface area (TPSA) is 49.6 Å². The van der Waals surface area contributed by atoms with E-state index < -0.39 is 0 Å². The van der Waals surface area contributed by atoms with Crippen molar-refractivity contribution in [1.82, 2.24) is 9.97 Å². The molecule has 0 aliphatic rings. The quantitative estimate of drug-likeness (QED) is 0.326. The maximum Gasteiger partial charge on any atom is 5.00 e. The second kappa shape index (κ2) is 14.3. The maximum atomic E-state index is 7.12. The summed E-state index contributed by atoms with van der Waals surface area (Å²) in [4.78, 5) is 8.35. The van der Waals surface area contributed by atoms with Gasteiger partial charge >= 0.3 is 22.4 Å². The Bertz CT molecular complexity index is 457. The van der Waals surface area contributed by atoms with Crippen LogP contribution in [0.3, 0.4) is 0 Å². The normalized spacial score (nSPS) is 7.16. The molecule has 19 heavy (non-hydrogen) atoms. The van der Waals surface area contributed by atoms with Crippen molar-refractivity contribution < 1.29 is 72.0 Å². The number of pyridine rings is 2. The van der Waals surface area contributed by atoms with Gasteiger partial charge in [-0.05, 0) is 17.8 Å². The number of hydrogen-bond acceptors (Lipinski definition) is 3. The Hall–Kier alpha value is -0.130. The van der Waals surface area contributed by atoms with Gasteiger partial charge in [0.25, 0.3) is 0 Å². The van der Waals surface area contributed by atoms with Crippen LogP contribution >= 0.6 is 0 Å². The first-order chi connectivity index (χ1) is 6.92. The molecule has 0 saturated heterocycles. The van der Waals surface area contributed by atoms with Crippen molar-refractivity contribution in [3.8, 4) is 11.4 Å². The van der Waals surface area contributed by atoms with Crippen molar-refractivity contribution in [1.29, 1.82) is 5.41 Å². The number of nitrogens with one attached hydrogen (secondary N) is 1. The minimum Gasteiger partial charge on any atom is -1.00 e. The maximum absolute atomic E-state index is 7.12. The Kier molecular flexibility index (Phi) is 20.5. The van der Waals surface area contributed by atoms with Crippen LogP contribution < -0.4 is 49.6 Å². The zero-order valence-corrected chi connectivity index (χ0v) is 15.6. The van der Waals surface area contributed by atoms with Gasteiger partial charge in [-0.2, -0.15) is 6.07 Å². The van der Waals surface area contributed by atoms with Crippen LogP contribution in [-0.4, -0.2) is 16.2 Å². The largest absolute Gasteiger partial charge is 5.00 e. The van der Waals surface area contributed by atoms with Crippen LogP contribution in [0.15, 0.2) is 42.7 Å². The van der Waals surface area contributed by atoms with Crippen molar-refractivity contribution in [2.45, 2.75) is 0 Å². The van der Waals surface area contributed by atoms with Gasteiger partial charge in [-0.25, -0.2) is 0 Å². The van der Waals surface area contributed by atoms with Crippen LogP contribution in [-0.2, 0) is 22.4 Å². The van der Waals surface area contributed by atoms with E-state index in [0.29, 0.717) is 11.3 Å². The molecule has 2 aromatic rings. The van der Waals surface area contributed by atoms with E-state index in [-0.39, 0.29) is 72.0 Å². The molecule has 0 radical (unpaired) electrons. The van der Waals surface area contributed by atoms with Crippen LogP contribution in [0.4, 0.5) is 0 Å². The van der Waals surface area contributed by atoms with Crippen LogP contribution in [0.25, 0.3) is 11.4 Å². The van der Waals surface area contributed by atoms with Gasteiger partial charge in [-0.1, -0.05) is 12.3 Å². The Morgan fingerprint density at radius 1 is 0.842 bits per heavy atom. The summed E-state index contributed by atoms with van der Waals surface area (Å²) in [6.07, 6.45) is 5.73. The molecule has 0 aliphatic carbocycles. The van der Waals surface area contributed by atoms with Crippen LogP contribution in [0.5, 0.6) is 0 Å². The minimum absolute atomic E-state index is 0. The SMILES string of the molecule is N=[C-]c1cccnc1-c1ccccn1.[Cl-].[Cl-].[Cl-].[Cl-].[Ta+5]. The first kappa shape index (κ1) is 27.3. The van der Waals surface area contributed by atoms with E-state index in [0.717, 1.165) is 5.69 Å². The summed E-state index contributed by atoms with van der Waals surface area (Å²) in [6, 6.07) is 9.18. The number of hydrogen-bond donors (Lipinski definition) is 1. The molecule has 2 heterocycles. The molecule has 2 rings (SSSR count). The van der Waals surface area contributed by atoms with Gasteiger partial charge in [-0.15, -0.1) is 11.6 Å². The summed E-state index contributed by atoms with van der Waals surface area (Å²) in [6.45, 7) is 0. The molecule has 0 amide bonds. The molecule has 0 unspecified atom stereocenters. The van der Waals surface area contributed by atoms with Gasteiger partial charge in [0, 0.05) is 18.1 Å². The Balaban J connectivity index is -0.000000225. The fraction of sp³-hybridized carbons (Fsp3) is 0. The summed E-state index contributed by atoms with van der Waals surface area (Å²) in [5, 5.41) is 7.12. The second-order valence-electron chi connectivity index (χ2n) is 2.74. The Morgan fingerprint density at radius 3 is 2.00 bits per heavy atom. The zero-order chi connectivity index (χ0) is 9.80. The van der Waals surface area contributed by atoms with Crippen molar-refractivity contribution in [2.75, 3.05) is 0 Å². The van der Waals surface area contributed by atoms with Gasteiger partial charge in [0.05, 0.1) is 0 Å². The molecule has 0 fully saturated rings. The molecule has 0 aromatic carbocycles. The van der Waals surface area contributed by atoms with Crippen molar-refractivity contribution in [3.63, 3.8) is 0 Å². The van der Waals surface area contributed by atoms with E-state index in [2.05, 4.69) is 16.2 Å². The third-order valence-corrected chi connectivity index (χ3v) is 1.85. The predicted octanol–water partition coefficient (Wildman–Crippen LogP) is -9.97. The monoisotopic (exact) mass is 503 g/mol. The van der Waals surface area contributed by atoms with Crippen LogP contribution in [0, 0.1) is 5.41 Å². The molecule has 2 aromatic heterocycles. The van der Waals surface area contributed by atoms with E-state index in [1.807, 2.05) is 18.2 Å². The molecule has 0 spiro atoms. The summed E-state index contributed by atoms with van der Waals surface area (Å²) in [5.74, 6) is 0. The molecular weight excluding hydrogens is 497 g/mol. The van der Waals surface area contributed by atoms with Crippen LogP contribution in [0.1, 0.15) is 5.56 Å². The van der Waals surface area contributed by atoms with Crippen molar-refractivity contribution >= 4 is 6.21 Å². The minimum atomic E-state index is 0.